The van der Waals surface area contributed by atoms with Gasteiger partial charge in [-0.3, -0.25) is 14.3 Å². The summed E-state index contributed by atoms with van der Waals surface area (Å²) in [5.74, 6) is -0.282. The van der Waals surface area contributed by atoms with E-state index in [0.717, 1.165) is 0 Å². The number of primary amides is 1. The number of nitrogens with two attached hydrogens (primary N) is 2. The van der Waals surface area contributed by atoms with Gasteiger partial charge in [-0.05, 0) is 20.3 Å². The quantitative estimate of drug-likeness (QED) is 0.570. The summed E-state index contributed by atoms with van der Waals surface area (Å²) in [5.41, 5.74) is 10.3. The van der Waals surface area contributed by atoms with E-state index in [1.54, 1.807) is 6.92 Å². The van der Waals surface area contributed by atoms with Gasteiger partial charge in [0.15, 0.2) is 0 Å². The summed E-state index contributed by atoms with van der Waals surface area (Å²) in [6, 6.07) is -0.989. The molecule has 0 aliphatic carbocycles. The predicted molar refractivity (Wildman–Crippen MR) is 58.5 cm³/mol. The number of hydrogen-bond donors (Lipinski definition) is 3. The molecular formula is C8H17N3O3S. The molecule has 0 bridgehead atoms. The van der Waals surface area contributed by atoms with Gasteiger partial charge in [0, 0.05) is 22.6 Å². The molecule has 3 amide bonds. The number of rotatable bonds is 5. The predicted octanol–water partition coefficient (Wildman–Crippen LogP) is -0.944. The van der Waals surface area contributed by atoms with Crippen LogP contribution in [0.3, 0.4) is 0 Å². The SMILES string of the molecule is CC(N)CCS(=O)C(C)C(=O)NC(N)=O. The molecule has 0 radical (unpaired) electrons. The highest BCUT2D eigenvalue weighted by atomic mass is 32.2. The standard InChI is InChI=1S/C8H17N3O3S/c1-5(9)3-4-15(14)6(2)7(12)11-8(10)13/h5-6H,3-4,9H2,1-2H3,(H3,10,11,12,13). The molecule has 0 saturated carbocycles. The van der Waals surface area contributed by atoms with Crippen LogP contribution >= 0.6 is 0 Å². The average Bonchev–Trinajstić information content (AvgIpc) is 2.11. The van der Waals surface area contributed by atoms with Crippen molar-refractivity contribution < 1.29 is 13.8 Å². The lowest BCUT2D eigenvalue weighted by atomic mass is 10.3. The molecule has 6 nitrogen and oxygen atoms in total. The Hall–Kier alpha value is -0.950. The van der Waals surface area contributed by atoms with Crippen LogP contribution in [0.15, 0.2) is 0 Å². The Bertz CT molecular complexity index is 268. The number of carbonyl (C=O) groups excluding carboxylic acids is 2. The van der Waals surface area contributed by atoms with Crippen LogP contribution in [0, 0.1) is 0 Å². The molecule has 7 heteroatoms. The molecule has 3 atom stereocenters. The van der Waals surface area contributed by atoms with E-state index < -0.39 is 28.0 Å². The minimum absolute atomic E-state index is 0.0552. The highest BCUT2D eigenvalue weighted by Gasteiger charge is 2.20. The minimum atomic E-state index is -1.33. The van der Waals surface area contributed by atoms with Gasteiger partial charge < -0.3 is 11.5 Å². The lowest BCUT2D eigenvalue weighted by Gasteiger charge is -2.11. The largest absolute Gasteiger partial charge is 0.351 e. The van der Waals surface area contributed by atoms with Crippen LogP contribution < -0.4 is 16.8 Å². The zero-order valence-electron chi connectivity index (χ0n) is 8.86. The van der Waals surface area contributed by atoms with Crippen molar-refractivity contribution in [1.29, 1.82) is 0 Å². The van der Waals surface area contributed by atoms with Gasteiger partial charge in [-0.2, -0.15) is 0 Å². The smallest absolute Gasteiger partial charge is 0.318 e. The maximum atomic E-state index is 11.5. The third-order valence-electron chi connectivity index (χ3n) is 1.78. The first kappa shape index (κ1) is 14.1. The van der Waals surface area contributed by atoms with E-state index in [9.17, 15) is 13.8 Å². The Morgan fingerprint density at radius 1 is 1.40 bits per heavy atom. The van der Waals surface area contributed by atoms with Crippen LogP contribution in [-0.4, -0.2) is 33.2 Å². The van der Waals surface area contributed by atoms with Crippen LogP contribution in [0.1, 0.15) is 20.3 Å². The molecule has 5 N–H and O–H groups in total. The molecule has 0 aliphatic rings. The number of imide groups is 1. The van der Waals surface area contributed by atoms with E-state index in [1.165, 1.54) is 6.92 Å². The monoisotopic (exact) mass is 235 g/mol. The van der Waals surface area contributed by atoms with Crippen LogP contribution in [-0.2, 0) is 15.6 Å². The third kappa shape index (κ3) is 6.19. The molecule has 0 fully saturated rings. The van der Waals surface area contributed by atoms with Crippen molar-refractivity contribution in [1.82, 2.24) is 5.32 Å². The second-order valence-electron chi connectivity index (χ2n) is 3.35. The van der Waals surface area contributed by atoms with Crippen molar-refractivity contribution in [2.24, 2.45) is 11.5 Å². The fourth-order valence-corrected chi connectivity index (χ4v) is 2.08. The second kappa shape index (κ2) is 6.52. The Morgan fingerprint density at radius 3 is 2.33 bits per heavy atom. The fraction of sp³-hybridized carbons (Fsp3) is 0.750. The Labute approximate surface area is 91.2 Å². The van der Waals surface area contributed by atoms with Gasteiger partial charge in [-0.1, -0.05) is 0 Å². The number of carbonyl (C=O) groups is 2. The Kier molecular flexibility index (Phi) is 6.11. The lowest BCUT2D eigenvalue weighted by Crippen LogP contribution is -2.42. The summed E-state index contributed by atoms with van der Waals surface area (Å²) < 4.78 is 11.5. The summed E-state index contributed by atoms with van der Waals surface area (Å²) >= 11 is 0. The van der Waals surface area contributed by atoms with E-state index in [0.29, 0.717) is 12.2 Å². The van der Waals surface area contributed by atoms with Gasteiger partial charge in [0.2, 0.25) is 5.91 Å². The lowest BCUT2D eigenvalue weighted by molar-refractivity contribution is -0.119. The number of hydrogen-bond acceptors (Lipinski definition) is 4. The molecule has 0 aliphatic heterocycles. The minimum Gasteiger partial charge on any atom is -0.351 e. The Morgan fingerprint density at radius 2 is 1.93 bits per heavy atom. The van der Waals surface area contributed by atoms with Crippen LogP contribution in [0.2, 0.25) is 0 Å². The summed E-state index contributed by atoms with van der Waals surface area (Å²) in [6.45, 7) is 3.28. The van der Waals surface area contributed by atoms with Gasteiger partial charge in [-0.25, -0.2) is 4.79 Å². The van der Waals surface area contributed by atoms with Crippen LogP contribution in [0.25, 0.3) is 0 Å². The van der Waals surface area contributed by atoms with Crippen LogP contribution in [0.4, 0.5) is 4.79 Å². The average molecular weight is 235 g/mol. The normalized spacial score (nSPS) is 16.5. The summed E-state index contributed by atoms with van der Waals surface area (Å²) in [7, 11) is -1.33. The number of urea groups is 1. The highest BCUT2D eigenvalue weighted by molar-refractivity contribution is 7.86. The summed E-state index contributed by atoms with van der Waals surface area (Å²) in [6.07, 6.45) is 0.570. The van der Waals surface area contributed by atoms with Gasteiger partial charge in [0.05, 0.1) is 0 Å². The van der Waals surface area contributed by atoms with E-state index in [-0.39, 0.29) is 6.04 Å². The molecular weight excluding hydrogens is 218 g/mol. The topological polar surface area (TPSA) is 115 Å². The van der Waals surface area contributed by atoms with Crippen molar-refractivity contribution in [2.45, 2.75) is 31.6 Å². The maximum absolute atomic E-state index is 11.5. The van der Waals surface area contributed by atoms with Crippen molar-refractivity contribution in [3.8, 4) is 0 Å². The van der Waals surface area contributed by atoms with E-state index >= 15 is 0 Å². The molecule has 0 rings (SSSR count). The van der Waals surface area contributed by atoms with Crippen LogP contribution in [0.5, 0.6) is 0 Å². The van der Waals surface area contributed by atoms with Gasteiger partial charge in [0.1, 0.15) is 5.25 Å². The van der Waals surface area contributed by atoms with E-state index in [1.807, 2.05) is 5.32 Å². The molecule has 0 saturated heterocycles. The molecule has 88 valence electrons. The highest BCUT2D eigenvalue weighted by Crippen LogP contribution is 2.00. The van der Waals surface area contributed by atoms with E-state index in [2.05, 4.69) is 0 Å². The second-order valence-corrected chi connectivity index (χ2v) is 5.22. The molecule has 3 unspecified atom stereocenters. The molecule has 0 aromatic heterocycles. The van der Waals surface area contributed by atoms with Crippen molar-refractivity contribution >= 4 is 22.7 Å². The van der Waals surface area contributed by atoms with Crippen molar-refractivity contribution in [3.05, 3.63) is 0 Å². The molecule has 15 heavy (non-hydrogen) atoms. The maximum Gasteiger partial charge on any atom is 0.318 e. The number of amides is 3. The van der Waals surface area contributed by atoms with Gasteiger partial charge in [0.25, 0.3) is 0 Å². The summed E-state index contributed by atoms with van der Waals surface area (Å²) in [5, 5.41) is 1.13. The zero-order valence-corrected chi connectivity index (χ0v) is 9.67. The first-order chi connectivity index (χ1) is 6.84. The van der Waals surface area contributed by atoms with E-state index in [4.69, 9.17) is 11.5 Å². The van der Waals surface area contributed by atoms with Gasteiger partial charge >= 0.3 is 6.03 Å². The first-order valence-corrected chi connectivity index (χ1v) is 5.96. The molecule has 0 spiro atoms. The third-order valence-corrected chi connectivity index (χ3v) is 3.43. The zero-order chi connectivity index (χ0) is 12.0. The first-order valence-electron chi connectivity index (χ1n) is 4.57. The fourth-order valence-electron chi connectivity index (χ4n) is 0.821. The number of nitrogens with one attached hydrogen (secondary N) is 1. The van der Waals surface area contributed by atoms with Gasteiger partial charge in [-0.15, -0.1) is 0 Å². The van der Waals surface area contributed by atoms with Crippen molar-refractivity contribution in [2.75, 3.05) is 5.75 Å². The molecule has 0 aromatic rings. The molecule has 0 aromatic carbocycles. The Balaban J connectivity index is 4.08. The molecule has 0 heterocycles. The van der Waals surface area contributed by atoms with Crippen molar-refractivity contribution in [3.63, 3.8) is 0 Å². The summed E-state index contributed by atoms with van der Waals surface area (Å²) in [4.78, 5) is 21.6.